The molecule has 0 spiro atoms. The van der Waals surface area contributed by atoms with E-state index in [-0.39, 0.29) is 5.97 Å². The molecule has 5 heteroatoms. The molecule has 8 rings (SSSR count). The summed E-state index contributed by atoms with van der Waals surface area (Å²) in [6.45, 7) is 4.29. The summed E-state index contributed by atoms with van der Waals surface area (Å²) in [5, 5.41) is 3.44. The van der Waals surface area contributed by atoms with Gasteiger partial charge in [0.05, 0.1) is 40.4 Å². The lowest BCUT2D eigenvalue weighted by molar-refractivity contribution is 0.0526. The zero-order valence-corrected chi connectivity index (χ0v) is 25.5. The van der Waals surface area contributed by atoms with E-state index in [1.54, 1.807) is 0 Å². The molecule has 0 N–H and O–H groups in total. The van der Waals surface area contributed by atoms with Gasteiger partial charge < -0.3 is 14.4 Å². The highest BCUT2D eigenvalue weighted by Crippen LogP contribution is 2.52. The highest BCUT2D eigenvalue weighted by Gasteiger charge is 2.28. The number of carbonyl (C=O) groups excluding carboxylic acids is 1. The number of rotatable bonds is 5. The van der Waals surface area contributed by atoms with E-state index >= 15 is 0 Å². The smallest absolute Gasteiger partial charge is 0.338 e. The number of benzene rings is 6. The van der Waals surface area contributed by atoms with Crippen molar-refractivity contribution in [3.63, 3.8) is 0 Å². The molecule has 0 saturated carbocycles. The molecule has 0 saturated heterocycles. The zero-order valence-electron chi connectivity index (χ0n) is 25.5. The monoisotopic (exact) mass is 598 g/mol. The topological polar surface area (TPSA) is 51.7 Å². The number of para-hydroxylation sites is 4. The molecule has 0 radical (unpaired) electrons. The van der Waals surface area contributed by atoms with E-state index in [2.05, 4.69) is 84.6 Å². The number of aryl methyl sites for hydroxylation is 1. The summed E-state index contributed by atoms with van der Waals surface area (Å²) < 4.78 is 11.6. The van der Waals surface area contributed by atoms with Gasteiger partial charge in [-0.3, -0.25) is 0 Å². The summed E-state index contributed by atoms with van der Waals surface area (Å²) in [6.07, 6.45) is 0. The summed E-state index contributed by atoms with van der Waals surface area (Å²) in [6, 6.07) is 45.2. The Labute approximate surface area is 267 Å². The molecule has 5 nitrogen and oxygen atoms in total. The molecule has 0 atom stereocenters. The third-order valence-electron chi connectivity index (χ3n) is 8.59. The highest BCUT2D eigenvalue weighted by molar-refractivity contribution is 6.11. The van der Waals surface area contributed by atoms with Crippen LogP contribution in [0.1, 0.15) is 22.8 Å². The maximum Gasteiger partial charge on any atom is 0.338 e. The molecular weight excluding hydrogens is 568 g/mol. The number of hydrogen-bond acceptors (Lipinski definition) is 5. The van der Waals surface area contributed by atoms with Gasteiger partial charge in [0.25, 0.3) is 0 Å². The maximum absolute atomic E-state index is 12.4. The second-order valence-corrected chi connectivity index (χ2v) is 11.4. The molecule has 222 valence electrons. The molecule has 0 aliphatic carbocycles. The molecule has 1 aliphatic heterocycles. The molecule has 0 bridgehead atoms. The molecule has 7 aromatic rings. The maximum atomic E-state index is 12.4. The predicted molar refractivity (Wildman–Crippen MR) is 186 cm³/mol. The second kappa shape index (κ2) is 11.2. The number of hydrogen-bond donors (Lipinski definition) is 0. The van der Waals surface area contributed by atoms with E-state index < -0.39 is 0 Å². The average Bonchev–Trinajstić information content (AvgIpc) is 3.10. The summed E-state index contributed by atoms with van der Waals surface area (Å²) in [5.41, 5.74) is 9.33. The minimum Gasteiger partial charge on any atom is -0.462 e. The van der Waals surface area contributed by atoms with Crippen LogP contribution in [-0.4, -0.2) is 17.6 Å². The van der Waals surface area contributed by atoms with E-state index in [0.29, 0.717) is 12.2 Å². The summed E-state index contributed by atoms with van der Waals surface area (Å²) in [5.74, 6) is 1.24. The van der Waals surface area contributed by atoms with Gasteiger partial charge in [-0.25, -0.2) is 9.78 Å². The Kier molecular flexibility index (Phi) is 6.72. The first kappa shape index (κ1) is 27.6. The van der Waals surface area contributed by atoms with Crippen LogP contribution in [0.3, 0.4) is 0 Å². The van der Waals surface area contributed by atoms with Crippen LogP contribution in [0.4, 0.5) is 17.1 Å². The van der Waals surface area contributed by atoms with Crippen molar-refractivity contribution in [3.05, 3.63) is 145 Å². The molecule has 0 amide bonds. The van der Waals surface area contributed by atoms with Crippen LogP contribution in [-0.2, 0) is 4.74 Å². The fraction of sp³-hybridized carbons (Fsp3) is 0.0732. The Morgan fingerprint density at radius 2 is 1.39 bits per heavy atom. The Morgan fingerprint density at radius 3 is 2.13 bits per heavy atom. The molecule has 46 heavy (non-hydrogen) atoms. The standard InChI is InChI=1S/C41H30N2O3/c1-3-45-41(44)29-22-20-28(21-23-29)33-25-32(31-14-10-12-27-11-4-5-13-30(27)31)39-26(2)19-24-36(40(39)42-33)43-34-15-6-8-17-37(34)46-38-18-9-7-16-35(38)43/h4-25H,3H2,1-2H3. The minimum atomic E-state index is -0.334. The van der Waals surface area contributed by atoms with Gasteiger partial charge in [0.1, 0.15) is 0 Å². The summed E-state index contributed by atoms with van der Waals surface area (Å²) >= 11 is 0. The number of fused-ring (bicyclic) bond motifs is 4. The van der Waals surface area contributed by atoms with E-state index in [4.69, 9.17) is 14.5 Å². The van der Waals surface area contributed by atoms with Gasteiger partial charge >= 0.3 is 5.97 Å². The molecule has 2 heterocycles. The van der Waals surface area contributed by atoms with Gasteiger partial charge in [0, 0.05) is 10.9 Å². The summed E-state index contributed by atoms with van der Waals surface area (Å²) in [7, 11) is 0. The normalized spacial score (nSPS) is 12.0. The molecule has 0 unspecified atom stereocenters. The zero-order chi connectivity index (χ0) is 31.2. The number of carbonyl (C=O) groups is 1. The Bertz CT molecular complexity index is 2240. The van der Waals surface area contributed by atoms with E-state index in [0.717, 1.165) is 67.4 Å². The fourth-order valence-electron chi connectivity index (χ4n) is 6.45. The van der Waals surface area contributed by atoms with E-state index in [9.17, 15) is 4.79 Å². The van der Waals surface area contributed by atoms with Crippen LogP contribution in [0, 0.1) is 6.92 Å². The van der Waals surface area contributed by atoms with Gasteiger partial charge in [-0.05, 0) is 89.8 Å². The molecule has 1 aliphatic rings. The van der Waals surface area contributed by atoms with Crippen LogP contribution in [0.15, 0.2) is 133 Å². The molecule has 0 fully saturated rings. The van der Waals surface area contributed by atoms with Crippen LogP contribution >= 0.6 is 0 Å². The quantitative estimate of drug-likeness (QED) is 0.185. The van der Waals surface area contributed by atoms with Gasteiger partial charge in [0.15, 0.2) is 11.5 Å². The van der Waals surface area contributed by atoms with Crippen molar-refractivity contribution in [3.8, 4) is 33.9 Å². The van der Waals surface area contributed by atoms with Crippen molar-refractivity contribution >= 4 is 44.7 Å². The molecular formula is C41H30N2O3. The number of anilines is 3. The first-order chi connectivity index (χ1) is 22.6. The van der Waals surface area contributed by atoms with Crippen molar-refractivity contribution in [2.45, 2.75) is 13.8 Å². The SMILES string of the molecule is CCOC(=O)c1ccc(-c2cc(-c3cccc4ccccc34)c3c(C)ccc(N4c5ccccc5Oc5ccccc54)c3n2)cc1. The number of esters is 1. The van der Waals surface area contributed by atoms with E-state index in [1.165, 1.54) is 10.8 Å². The highest BCUT2D eigenvalue weighted by atomic mass is 16.5. The van der Waals surface area contributed by atoms with Crippen molar-refractivity contribution in [1.29, 1.82) is 0 Å². The lowest BCUT2D eigenvalue weighted by atomic mass is 9.91. The lowest BCUT2D eigenvalue weighted by Gasteiger charge is -2.33. The van der Waals surface area contributed by atoms with Crippen molar-refractivity contribution < 1.29 is 14.3 Å². The van der Waals surface area contributed by atoms with E-state index in [1.807, 2.05) is 67.6 Å². The third kappa shape index (κ3) is 4.56. The third-order valence-corrected chi connectivity index (χ3v) is 8.59. The van der Waals surface area contributed by atoms with Crippen LogP contribution in [0.25, 0.3) is 44.1 Å². The Hall–Kier alpha value is -5.94. The Morgan fingerprint density at radius 1 is 0.717 bits per heavy atom. The van der Waals surface area contributed by atoms with Gasteiger partial charge in [0.2, 0.25) is 0 Å². The van der Waals surface area contributed by atoms with Crippen molar-refractivity contribution in [2.24, 2.45) is 0 Å². The van der Waals surface area contributed by atoms with Gasteiger partial charge in [-0.15, -0.1) is 0 Å². The van der Waals surface area contributed by atoms with Crippen LogP contribution < -0.4 is 9.64 Å². The number of aromatic nitrogens is 1. The largest absolute Gasteiger partial charge is 0.462 e. The van der Waals surface area contributed by atoms with Crippen molar-refractivity contribution in [2.75, 3.05) is 11.5 Å². The average molecular weight is 599 g/mol. The lowest BCUT2D eigenvalue weighted by Crippen LogP contribution is -2.16. The molecule has 1 aromatic heterocycles. The second-order valence-electron chi connectivity index (χ2n) is 11.4. The van der Waals surface area contributed by atoms with Crippen molar-refractivity contribution in [1.82, 2.24) is 4.98 Å². The number of nitrogens with zero attached hydrogens (tertiary/aromatic N) is 2. The summed E-state index contributed by atoms with van der Waals surface area (Å²) in [4.78, 5) is 20.1. The number of pyridine rings is 1. The minimum absolute atomic E-state index is 0.330. The first-order valence-corrected chi connectivity index (χ1v) is 15.5. The van der Waals surface area contributed by atoms with Crippen LogP contribution in [0.2, 0.25) is 0 Å². The first-order valence-electron chi connectivity index (χ1n) is 15.5. The predicted octanol–water partition coefficient (Wildman–Crippen LogP) is 10.8. The fourth-order valence-corrected chi connectivity index (χ4v) is 6.45. The number of ether oxygens (including phenoxy) is 2. The molecule has 6 aromatic carbocycles. The van der Waals surface area contributed by atoms with Gasteiger partial charge in [-0.1, -0.05) is 84.9 Å². The Balaban J connectivity index is 1.44. The van der Waals surface area contributed by atoms with Gasteiger partial charge in [-0.2, -0.15) is 0 Å². The van der Waals surface area contributed by atoms with Crippen LogP contribution in [0.5, 0.6) is 11.5 Å².